The molecule has 0 spiro atoms. The Hall–Kier alpha value is -2.45. The molecule has 2 aliphatic rings. The molecule has 1 aromatic carbocycles. The first-order valence-electron chi connectivity index (χ1n) is 9.46. The molecule has 0 saturated carbocycles. The first kappa shape index (κ1) is 21.8. The zero-order valence-electron chi connectivity index (χ0n) is 15.9. The number of carbonyl (C=O) groups is 3. The Balaban J connectivity index is 0.000000878. The van der Waals surface area contributed by atoms with Gasteiger partial charge in [-0.15, -0.1) is 0 Å². The van der Waals surface area contributed by atoms with Crippen LogP contribution in [0.3, 0.4) is 0 Å². The number of hydrogen-bond donors (Lipinski definition) is 3. The highest BCUT2D eigenvalue weighted by Gasteiger charge is 2.49. The van der Waals surface area contributed by atoms with E-state index in [1.807, 2.05) is 35.2 Å². The van der Waals surface area contributed by atoms with E-state index in [4.69, 9.17) is 9.90 Å². The van der Waals surface area contributed by atoms with Crippen LogP contribution < -0.4 is 0 Å². The van der Waals surface area contributed by atoms with Gasteiger partial charge in [0.2, 0.25) is 5.91 Å². The lowest BCUT2D eigenvalue weighted by Crippen LogP contribution is -2.58. The van der Waals surface area contributed by atoms with Crippen LogP contribution in [-0.4, -0.2) is 82.3 Å². The molecule has 0 unspecified atom stereocenters. The zero-order valence-corrected chi connectivity index (χ0v) is 15.9. The Morgan fingerprint density at radius 2 is 1.89 bits per heavy atom. The van der Waals surface area contributed by atoms with Crippen molar-refractivity contribution in [3.05, 3.63) is 35.9 Å². The second-order valence-electron chi connectivity index (χ2n) is 7.29. The van der Waals surface area contributed by atoms with Crippen LogP contribution in [0.4, 0.5) is 0 Å². The molecule has 3 rings (SSSR count). The summed E-state index contributed by atoms with van der Waals surface area (Å²) in [7, 11) is 0. The molecule has 0 aliphatic carbocycles. The van der Waals surface area contributed by atoms with Crippen LogP contribution in [0.5, 0.6) is 0 Å². The molecular formula is C20H28N2O6. The summed E-state index contributed by atoms with van der Waals surface area (Å²) < 4.78 is 0. The van der Waals surface area contributed by atoms with E-state index in [-0.39, 0.29) is 12.4 Å². The normalized spacial score (nSPS) is 25.1. The van der Waals surface area contributed by atoms with Crippen molar-refractivity contribution >= 4 is 18.3 Å². The minimum Gasteiger partial charge on any atom is -0.483 e. The van der Waals surface area contributed by atoms with Gasteiger partial charge in [0.05, 0.1) is 6.10 Å². The summed E-state index contributed by atoms with van der Waals surface area (Å²) in [4.78, 5) is 36.1. The molecule has 2 fully saturated rings. The number of nitrogens with zero attached hydrogens (tertiary/aromatic N) is 2. The number of amides is 1. The second-order valence-corrected chi connectivity index (χ2v) is 7.29. The topological polar surface area (TPSA) is 118 Å². The number of benzene rings is 1. The fraction of sp³-hybridized carbons (Fsp3) is 0.550. The molecule has 28 heavy (non-hydrogen) atoms. The molecule has 2 atom stereocenters. The number of carboxylic acid groups (broad SMARTS) is 2. The Morgan fingerprint density at radius 3 is 2.46 bits per heavy atom. The number of piperidine rings is 1. The van der Waals surface area contributed by atoms with Crippen molar-refractivity contribution in [2.24, 2.45) is 5.41 Å². The molecule has 0 aromatic heterocycles. The predicted octanol–water partition coefficient (Wildman–Crippen LogP) is 0.690. The third-order valence-corrected chi connectivity index (χ3v) is 5.51. The van der Waals surface area contributed by atoms with Crippen LogP contribution in [0.25, 0.3) is 0 Å². The van der Waals surface area contributed by atoms with Crippen molar-refractivity contribution in [1.29, 1.82) is 0 Å². The summed E-state index contributed by atoms with van der Waals surface area (Å²) in [5.41, 5.74) is -0.283. The number of rotatable bonds is 6. The molecule has 2 aliphatic heterocycles. The summed E-state index contributed by atoms with van der Waals surface area (Å²) in [6, 6.07) is 9.47. The van der Waals surface area contributed by atoms with E-state index >= 15 is 0 Å². The third kappa shape index (κ3) is 5.30. The van der Waals surface area contributed by atoms with Gasteiger partial charge in [0.15, 0.2) is 0 Å². The summed E-state index contributed by atoms with van der Waals surface area (Å²) in [6.45, 7) is 2.80. The van der Waals surface area contributed by atoms with E-state index in [0.29, 0.717) is 45.4 Å². The van der Waals surface area contributed by atoms with Crippen LogP contribution in [0.2, 0.25) is 0 Å². The number of carbonyl (C=O) groups excluding carboxylic acids is 1. The van der Waals surface area contributed by atoms with Crippen molar-refractivity contribution in [3.8, 4) is 0 Å². The van der Waals surface area contributed by atoms with Gasteiger partial charge >= 0.3 is 5.97 Å². The third-order valence-electron chi connectivity index (χ3n) is 5.51. The Kier molecular flexibility index (Phi) is 7.95. The Bertz CT molecular complexity index is 668. The number of aliphatic hydroxyl groups excluding tert-OH is 1. The largest absolute Gasteiger partial charge is 0.483 e. The molecule has 8 heteroatoms. The highest BCUT2D eigenvalue weighted by Crippen LogP contribution is 2.34. The SMILES string of the molecule is O=C1CCCN1CCN1CC[C@H](O)[C@@](Cc2ccccc2)(C(=O)O)C1.O=CO. The Labute approximate surface area is 164 Å². The maximum atomic E-state index is 12.1. The monoisotopic (exact) mass is 392 g/mol. The molecule has 2 heterocycles. The van der Waals surface area contributed by atoms with Gasteiger partial charge in [-0.2, -0.15) is 0 Å². The van der Waals surface area contributed by atoms with Crippen molar-refractivity contribution < 1.29 is 29.7 Å². The molecular weight excluding hydrogens is 364 g/mol. The smallest absolute Gasteiger partial charge is 0.313 e. The minimum absolute atomic E-state index is 0.186. The summed E-state index contributed by atoms with van der Waals surface area (Å²) in [5.74, 6) is -0.767. The minimum atomic E-state index is -1.20. The number of likely N-dealkylation sites (tertiary alicyclic amines) is 2. The zero-order chi connectivity index (χ0) is 20.6. The molecule has 154 valence electrons. The summed E-state index contributed by atoms with van der Waals surface area (Å²) >= 11 is 0. The van der Waals surface area contributed by atoms with Gasteiger partial charge < -0.3 is 25.1 Å². The second kappa shape index (κ2) is 10.2. The van der Waals surface area contributed by atoms with Gasteiger partial charge in [-0.1, -0.05) is 30.3 Å². The molecule has 0 bridgehead atoms. The number of carboxylic acids is 1. The van der Waals surface area contributed by atoms with E-state index < -0.39 is 17.5 Å². The molecule has 1 aromatic rings. The highest BCUT2D eigenvalue weighted by atomic mass is 16.4. The van der Waals surface area contributed by atoms with E-state index in [0.717, 1.165) is 18.5 Å². The van der Waals surface area contributed by atoms with Crippen molar-refractivity contribution in [3.63, 3.8) is 0 Å². The van der Waals surface area contributed by atoms with E-state index in [1.165, 1.54) is 0 Å². The summed E-state index contributed by atoms with van der Waals surface area (Å²) in [6.07, 6.45) is 1.40. The van der Waals surface area contributed by atoms with E-state index in [9.17, 15) is 19.8 Å². The Morgan fingerprint density at radius 1 is 1.21 bits per heavy atom. The average Bonchev–Trinajstić information content (AvgIpc) is 3.08. The molecule has 2 saturated heterocycles. The maximum absolute atomic E-state index is 12.1. The van der Waals surface area contributed by atoms with Gasteiger partial charge in [0.1, 0.15) is 5.41 Å². The molecule has 3 N–H and O–H groups in total. The fourth-order valence-electron chi connectivity index (χ4n) is 3.98. The molecule has 0 radical (unpaired) electrons. The van der Waals surface area contributed by atoms with Crippen molar-refractivity contribution in [2.45, 2.75) is 31.8 Å². The highest BCUT2D eigenvalue weighted by molar-refractivity contribution is 5.78. The van der Waals surface area contributed by atoms with Crippen molar-refractivity contribution in [1.82, 2.24) is 9.80 Å². The average molecular weight is 392 g/mol. The lowest BCUT2D eigenvalue weighted by Gasteiger charge is -2.43. The van der Waals surface area contributed by atoms with Crippen molar-refractivity contribution in [2.75, 3.05) is 32.7 Å². The van der Waals surface area contributed by atoms with E-state index in [2.05, 4.69) is 4.90 Å². The summed E-state index contributed by atoms with van der Waals surface area (Å²) in [5, 5.41) is 27.3. The quantitative estimate of drug-likeness (QED) is 0.610. The number of aliphatic hydroxyl groups is 1. The first-order valence-corrected chi connectivity index (χ1v) is 9.46. The lowest BCUT2D eigenvalue weighted by atomic mass is 9.73. The molecule has 8 nitrogen and oxygen atoms in total. The van der Waals surface area contributed by atoms with Gasteiger partial charge in [-0.05, 0) is 24.8 Å². The predicted molar refractivity (Wildman–Crippen MR) is 102 cm³/mol. The van der Waals surface area contributed by atoms with E-state index in [1.54, 1.807) is 0 Å². The molecule has 1 amide bonds. The standard InChI is InChI=1S/C19H26N2O4.CH2O2/c22-16-8-10-20(11-12-21-9-4-7-17(21)23)14-19(16,18(24)25)13-15-5-2-1-3-6-15;2-1-3/h1-3,5-6,16,22H,4,7-14H2,(H,24,25);1H,(H,2,3)/t16-,19-;/m0./s1. The fourth-order valence-corrected chi connectivity index (χ4v) is 3.98. The van der Waals surface area contributed by atoms with Crippen LogP contribution in [0.1, 0.15) is 24.8 Å². The van der Waals surface area contributed by atoms with Gasteiger partial charge in [0.25, 0.3) is 6.47 Å². The van der Waals surface area contributed by atoms with Gasteiger partial charge in [-0.25, -0.2) is 0 Å². The number of hydrogen-bond acceptors (Lipinski definition) is 5. The maximum Gasteiger partial charge on any atom is 0.313 e. The number of aliphatic carboxylic acids is 1. The van der Waals surface area contributed by atoms with Crippen LogP contribution in [0.15, 0.2) is 30.3 Å². The van der Waals surface area contributed by atoms with Gasteiger partial charge in [0, 0.05) is 39.1 Å². The van der Waals surface area contributed by atoms with Crippen LogP contribution >= 0.6 is 0 Å². The van der Waals surface area contributed by atoms with Gasteiger partial charge in [-0.3, -0.25) is 14.4 Å². The lowest BCUT2D eigenvalue weighted by molar-refractivity contribution is -0.163. The van der Waals surface area contributed by atoms with Crippen LogP contribution in [0, 0.1) is 5.41 Å². The first-order chi connectivity index (χ1) is 13.4. The van der Waals surface area contributed by atoms with Crippen LogP contribution in [-0.2, 0) is 20.8 Å².